The number of benzene rings is 1. The number of anilines is 1. The highest BCUT2D eigenvalue weighted by Crippen LogP contribution is 2.37. The third-order valence-electron chi connectivity index (χ3n) is 4.97. The van der Waals surface area contributed by atoms with Crippen molar-refractivity contribution in [2.75, 3.05) is 5.32 Å². The summed E-state index contributed by atoms with van der Waals surface area (Å²) in [7, 11) is -3.86. The van der Waals surface area contributed by atoms with E-state index in [0.29, 0.717) is 16.8 Å². The second-order valence-corrected chi connectivity index (χ2v) is 9.57. The van der Waals surface area contributed by atoms with Crippen LogP contribution in [0.1, 0.15) is 39.2 Å². The van der Waals surface area contributed by atoms with Gasteiger partial charge in [-0.1, -0.05) is 6.07 Å². The van der Waals surface area contributed by atoms with Crippen molar-refractivity contribution in [3.05, 3.63) is 64.3 Å². The van der Waals surface area contributed by atoms with Crippen LogP contribution in [0.3, 0.4) is 0 Å². The van der Waals surface area contributed by atoms with Crippen molar-refractivity contribution in [1.82, 2.24) is 4.57 Å². The highest BCUT2D eigenvalue weighted by atomic mass is 32.2. The number of fused-ring (bicyclic) bond motifs is 1. The van der Waals surface area contributed by atoms with Crippen molar-refractivity contribution in [2.24, 2.45) is 5.14 Å². The monoisotopic (exact) mass is 415 g/mol. The molecule has 1 aromatic carbocycles. The van der Waals surface area contributed by atoms with Gasteiger partial charge in [-0.2, -0.15) is 0 Å². The van der Waals surface area contributed by atoms with E-state index in [9.17, 15) is 13.2 Å². The Bertz CT molecular complexity index is 1150. The first-order valence-electron chi connectivity index (χ1n) is 9.07. The molecular weight excluding hydrogens is 394 g/mol. The molecule has 3 N–H and O–H groups in total. The molecule has 3 aromatic rings. The lowest BCUT2D eigenvalue weighted by atomic mass is 9.95. The van der Waals surface area contributed by atoms with Gasteiger partial charge in [0.1, 0.15) is 5.00 Å². The number of thiophene rings is 1. The number of sulfonamides is 1. The average molecular weight is 416 g/mol. The minimum absolute atomic E-state index is 0.0169. The van der Waals surface area contributed by atoms with Gasteiger partial charge in [-0.15, -0.1) is 11.3 Å². The number of hydrogen-bond donors (Lipinski definition) is 2. The summed E-state index contributed by atoms with van der Waals surface area (Å²) in [5.41, 5.74) is 2.74. The number of carbonyl (C=O) groups excluding carboxylic acids is 1. The number of nitrogens with zero attached hydrogens (tertiary/aromatic N) is 1. The fraction of sp³-hybridized carbons (Fsp3) is 0.250. The number of amides is 1. The second-order valence-electron chi connectivity index (χ2n) is 6.96. The van der Waals surface area contributed by atoms with Crippen LogP contribution < -0.4 is 10.5 Å². The molecule has 0 bridgehead atoms. The molecule has 0 fully saturated rings. The standard InChI is InChI=1S/C20H21N3O3S2/c1-13-8-9-14(12-17(13)28(21,25)26)22-19(24)18-15-6-2-3-7-16(15)27-20(18)23-10-4-5-11-23/h4-5,8-12H,2-3,6-7H2,1H3,(H,22,24)(H2,21,25,26). The summed E-state index contributed by atoms with van der Waals surface area (Å²) in [6, 6.07) is 8.61. The maximum Gasteiger partial charge on any atom is 0.258 e. The number of hydrogen-bond acceptors (Lipinski definition) is 4. The van der Waals surface area contributed by atoms with E-state index in [1.54, 1.807) is 30.4 Å². The van der Waals surface area contributed by atoms with Crippen molar-refractivity contribution in [3.8, 4) is 5.00 Å². The van der Waals surface area contributed by atoms with E-state index < -0.39 is 10.0 Å². The summed E-state index contributed by atoms with van der Waals surface area (Å²) in [5, 5.41) is 9.06. The van der Waals surface area contributed by atoms with Crippen LogP contribution in [0, 0.1) is 6.92 Å². The predicted molar refractivity (Wildman–Crippen MR) is 111 cm³/mol. The van der Waals surface area contributed by atoms with Crippen molar-refractivity contribution >= 4 is 33.0 Å². The predicted octanol–water partition coefficient (Wildman–Crippen LogP) is 3.63. The van der Waals surface area contributed by atoms with Crippen molar-refractivity contribution in [1.29, 1.82) is 0 Å². The second kappa shape index (κ2) is 7.20. The number of rotatable bonds is 4. The number of aryl methyl sites for hydroxylation is 2. The smallest absolute Gasteiger partial charge is 0.258 e. The molecule has 0 unspecified atom stereocenters. The third kappa shape index (κ3) is 3.50. The Balaban J connectivity index is 1.74. The van der Waals surface area contributed by atoms with Crippen LogP contribution in [0.4, 0.5) is 5.69 Å². The van der Waals surface area contributed by atoms with E-state index in [0.717, 1.165) is 36.2 Å². The quantitative estimate of drug-likeness (QED) is 0.681. The van der Waals surface area contributed by atoms with Gasteiger partial charge in [0.25, 0.3) is 5.91 Å². The van der Waals surface area contributed by atoms with Crippen molar-refractivity contribution < 1.29 is 13.2 Å². The molecule has 146 valence electrons. The van der Waals surface area contributed by atoms with Gasteiger partial charge < -0.3 is 9.88 Å². The summed E-state index contributed by atoms with van der Waals surface area (Å²) >= 11 is 1.65. The Morgan fingerprint density at radius 2 is 1.89 bits per heavy atom. The van der Waals surface area contributed by atoms with Gasteiger partial charge in [0.15, 0.2) is 0 Å². The Labute approximate surface area is 168 Å². The van der Waals surface area contributed by atoms with Crippen LogP contribution in [-0.4, -0.2) is 18.9 Å². The van der Waals surface area contributed by atoms with Gasteiger partial charge in [-0.25, -0.2) is 13.6 Å². The molecule has 1 aliphatic carbocycles. The largest absolute Gasteiger partial charge is 0.322 e. The molecule has 4 rings (SSSR count). The highest BCUT2D eigenvalue weighted by molar-refractivity contribution is 7.89. The lowest BCUT2D eigenvalue weighted by Gasteiger charge is -2.14. The van der Waals surface area contributed by atoms with Gasteiger partial charge in [-0.05, 0) is 68.0 Å². The zero-order valence-electron chi connectivity index (χ0n) is 15.4. The summed E-state index contributed by atoms with van der Waals surface area (Å²) < 4.78 is 25.5. The minimum Gasteiger partial charge on any atom is -0.322 e. The molecule has 6 nitrogen and oxygen atoms in total. The van der Waals surface area contributed by atoms with E-state index in [4.69, 9.17) is 5.14 Å². The first-order chi connectivity index (χ1) is 13.3. The molecule has 0 spiro atoms. The molecule has 0 saturated carbocycles. The number of nitrogens with one attached hydrogen (secondary N) is 1. The van der Waals surface area contributed by atoms with Crippen LogP contribution in [0.25, 0.3) is 5.00 Å². The molecule has 1 aliphatic rings. The molecule has 1 amide bonds. The highest BCUT2D eigenvalue weighted by Gasteiger charge is 2.26. The number of carbonyl (C=O) groups is 1. The zero-order valence-corrected chi connectivity index (χ0v) is 17.1. The van der Waals surface area contributed by atoms with Gasteiger partial charge in [-0.3, -0.25) is 4.79 Å². The van der Waals surface area contributed by atoms with E-state index in [-0.39, 0.29) is 10.8 Å². The van der Waals surface area contributed by atoms with Crippen LogP contribution in [-0.2, 0) is 22.9 Å². The molecule has 28 heavy (non-hydrogen) atoms. The summed E-state index contributed by atoms with van der Waals surface area (Å²) in [6.45, 7) is 1.67. The zero-order chi connectivity index (χ0) is 19.9. The topological polar surface area (TPSA) is 94.2 Å². The van der Waals surface area contributed by atoms with Crippen LogP contribution in [0.5, 0.6) is 0 Å². The van der Waals surface area contributed by atoms with Gasteiger partial charge >= 0.3 is 0 Å². The Kier molecular flexibility index (Phi) is 4.86. The lowest BCUT2D eigenvalue weighted by molar-refractivity contribution is 0.102. The van der Waals surface area contributed by atoms with Crippen LogP contribution in [0.15, 0.2) is 47.6 Å². The van der Waals surface area contributed by atoms with Gasteiger partial charge in [0.2, 0.25) is 10.0 Å². The normalized spacial score (nSPS) is 13.9. The molecule has 2 aromatic heterocycles. The average Bonchev–Trinajstić information content (AvgIpc) is 3.29. The van der Waals surface area contributed by atoms with E-state index >= 15 is 0 Å². The third-order valence-corrected chi connectivity index (χ3v) is 7.33. The summed E-state index contributed by atoms with van der Waals surface area (Å²) in [6.07, 6.45) is 7.93. The fourth-order valence-electron chi connectivity index (χ4n) is 3.62. The first-order valence-corrected chi connectivity index (χ1v) is 11.4. The van der Waals surface area contributed by atoms with E-state index in [2.05, 4.69) is 5.32 Å². The molecule has 0 saturated heterocycles. The molecule has 0 atom stereocenters. The molecule has 0 radical (unpaired) electrons. The van der Waals surface area contributed by atoms with Crippen molar-refractivity contribution in [3.63, 3.8) is 0 Å². The van der Waals surface area contributed by atoms with Gasteiger partial charge in [0, 0.05) is 23.0 Å². The van der Waals surface area contributed by atoms with E-state index in [1.165, 1.54) is 10.9 Å². The SMILES string of the molecule is Cc1ccc(NC(=O)c2c(-n3cccc3)sc3c2CCCC3)cc1S(N)(=O)=O. The molecular formula is C20H21N3O3S2. The van der Waals surface area contributed by atoms with Crippen molar-refractivity contribution in [2.45, 2.75) is 37.5 Å². The minimum atomic E-state index is -3.86. The lowest BCUT2D eigenvalue weighted by Crippen LogP contribution is -2.18. The Morgan fingerprint density at radius 1 is 1.18 bits per heavy atom. The summed E-state index contributed by atoms with van der Waals surface area (Å²) in [4.78, 5) is 14.5. The van der Waals surface area contributed by atoms with Crippen LogP contribution >= 0.6 is 11.3 Å². The van der Waals surface area contributed by atoms with Gasteiger partial charge in [0.05, 0.1) is 10.5 Å². The Hall–Kier alpha value is -2.42. The molecule has 2 heterocycles. The maximum absolute atomic E-state index is 13.2. The molecule has 8 heteroatoms. The summed E-state index contributed by atoms with van der Waals surface area (Å²) in [5.74, 6) is -0.229. The number of nitrogens with two attached hydrogens (primary N) is 1. The number of aromatic nitrogens is 1. The van der Waals surface area contributed by atoms with E-state index in [1.807, 2.05) is 29.1 Å². The van der Waals surface area contributed by atoms with Crippen LogP contribution in [0.2, 0.25) is 0 Å². The number of primary sulfonamides is 1. The fourth-order valence-corrected chi connectivity index (χ4v) is 5.78. The molecule has 0 aliphatic heterocycles. The first kappa shape index (κ1) is 18.9. The maximum atomic E-state index is 13.2. The Morgan fingerprint density at radius 3 is 2.61 bits per heavy atom.